The molecular formula is C23H16Cl2FN3OS. The van der Waals surface area contributed by atoms with Gasteiger partial charge < -0.3 is 10.3 Å². The number of hydrogen-bond donors (Lipinski definition) is 2. The smallest absolute Gasteiger partial charge is 0.248 e. The average molecular weight is 472 g/mol. The molecule has 1 aliphatic heterocycles. The number of H-pyrrole nitrogens is 1. The van der Waals surface area contributed by atoms with Crippen molar-refractivity contribution in [1.82, 2.24) is 4.98 Å². The minimum atomic E-state index is -0.504. The summed E-state index contributed by atoms with van der Waals surface area (Å²) in [5.74, 6) is -0.426. The number of aromatic nitrogens is 1. The molecule has 5 rings (SSSR count). The summed E-state index contributed by atoms with van der Waals surface area (Å²) >= 11 is 13.8. The molecule has 4 aromatic rings. The number of hydrogen-bond acceptors (Lipinski definition) is 3. The fourth-order valence-electron chi connectivity index (χ4n) is 3.72. The molecule has 0 spiro atoms. The van der Waals surface area contributed by atoms with Crippen molar-refractivity contribution in [2.45, 2.75) is 17.4 Å². The Labute approximate surface area is 192 Å². The van der Waals surface area contributed by atoms with Gasteiger partial charge in [-0.15, -0.1) is 0 Å². The van der Waals surface area contributed by atoms with Crippen molar-refractivity contribution in [2.75, 3.05) is 9.62 Å². The van der Waals surface area contributed by atoms with Gasteiger partial charge in [-0.2, -0.15) is 0 Å². The first-order valence-corrected chi connectivity index (χ1v) is 11.1. The highest BCUT2D eigenvalue weighted by Gasteiger charge is 2.34. The Kier molecular flexibility index (Phi) is 5.30. The van der Waals surface area contributed by atoms with Crippen LogP contribution in [-0.2, 0) is 11.2 Å². The minimum absolute atomic E-state index is 0.121. The van der Waals surface area contributed by atoms with Crippen LogP contribution in [0.4, 0.5) is 15.8 Å². The van der Waals surface area contributed by atoms with Crippen molar-refractivity contribution in [3.8, 4) is 0 Å². The van der Waals surface area contributed by atoms with Crippen LogP contribution in [-0.4, -0.2) is 16.9 Å². The summed E-state index contributed by atoms with van der Waals surface area (Å²) in [7, 11) is 0. The molecule has 4 nitrogen and oxygen atoms in total. The number of amides is 1. The summed E-state index contributed by atoms with van der Waals surface area (Å²) in [4.78, 5) is 17.1. The number of aromatic amines is 1. The first kappa shape index (κ1) is 20.2. The van der Waals surface area contributed by atoms with Crippen LogP contribution in [0.15, 0.2) is 71.6 Å². The van der Waals surface area contributed by atoms with E-state index in [1.165, 1.54) is 24.1 Å². The number of benzene rings is 3. The van der Waals surface area contributed by atoms with Crippen LogP contribution in [0.2, 0.25) is 10.0 Å². The van der Waals surface area contributed by atoms with Gasteiger partial charge in [0.05, 0.1) is 11.4 Å². The molecular weight excluding hydrogens is 456 g/mol. The number of anilines is 2. The third-order valence-electron chi connectivity index (χ3n) is 5.08. The van der Waals surface area contributed by atoms with Crippen molar-refractivity contribution >= 4 is 63.3 Å². The van der Waals surface area contributed by atoms with Crippen LogP contribution < -0.4 is 9.62 Å². The number of rotatable bonds is 4. The molecule has 0 bridgehead atoms. The van der Waals surface area contributed by atoms with Crippen LogP contribution in [0.5, 0.6) is 0 Å². The molecule has 0 fully saturated rings. The van der Waals surface area contributed by atoms with Gasteiger partial charge in [0, 0.05) is 32.6 Å². The Morgan fingerprint density at radius 3 is 2.58 bits per heavy atom. The number of halogens is 3. The number of para-hydroxylation sites is 2. The largest absolute Gasteiger partial charge is 0.358 e. The zero-order chi connectivity index (χ0) is 21.5. The van der Waals surface area contributed by atoms with Gasteiger partial charge in [-0.1, -0.05) is 35.3 Å². The zero-order valence-electron chi connectivity index (χ0n) is 16.0. The Morgan fingerprint density at radius 1 is 1.00 bits per heavy atom. The van der Waals surface area contributed by atoms with Crippen LogP contribution in [0.25, 0.3) is 10.9 Å². The highest BCUT2D eigenvalue weighted by molar-refractivity contribution is 8.00. The molecule has 0 saturated heterocycles. The molecule has 0 radical (unpaired) electrons. The third-order valence-corrected chi connectivity index (χ3v) is 6.61. The SMILES string of the molecule is O=C1Nc2ccccc2N(Sc2cc(Cl)cc(Cl)c2)C1Cc1cc2ccc(F)cc2[nH]1. The Balaban J connectivity index is 1.53. The van der Waals surface area contributed by atoms with Gasteiger partial charge in [0.1, 0.15) is 11.9 Å². The molecule has 1 atom stereocenters. The fourth-order valence-corrected chi connectivity index (χ4v) is 5.52. The first-order chi connectivity index (χ1) is 15.0. The van der Waals surface area contributed by atoms with E-state index < -0.39 is 6.04 Å². The summed E-state index contributed by atoms with van der Waals surface area (Å²) in [6, 6.07) is 19.0. The van der Waals surface area contributed by atoms with Gasteiger partial charge in [0.15, 0.2) is 0 Å². The fraction of sp³-hybridized carbons (Fsp3) is 0.0870. The van der Waals surface area contributed by atoms with Gasteiger partial charge in [0.2, 0.25) is 5.91 Å². The van der Waals surface area contributed by atoms with Crippen LogP contribution >= 0.6 is 35.1 Å². The number of nitrogens with one attached hydrogen (secondary N) is 2. The molecule has 156 valence electrons. The van der Waals surface area contributed by atoms with Gasteiger partial charge in [-0.25, -0.2) is 4.39 Å². The minimum Gasteiger partial charge on any atom is -0.358 e. The van der Waals surface area contributed by atoms with E-state index >= 15 is 0 Å². The van der Waals surface area contributed by atoms with E-state index in [1.807, 2.05) is 46.8 Å². The molecule has 1 aliphatic rings. The first-order valence-electron chi connectivity index (χ1n) is 9.56. The normalized spacial score (nSPS) is 15.8. The van der Waals surface area contributed by atoms with Crippen molar-refractivity contribution in [3.63, 3.8) is 0 Å². The molecule has 3 aromatic carbocycles. The second-order valence-corrected chi connectivity index (χ2v) is 9.19. The maximum Gasteiger partial charge on any atom is 0.248 e. The summed E-state index contributed by atoms with van der Waals surface area (Å²) in [6.07, 6.45) is 0.414. The van der Waals surface area contributed by atoms with Crippen molar-refractivity contribution in [3.05, 3.63) is 88.3 Å². The van der Waals surface area contributed by atoms with Crippen LogP contribution in [0.1, 0.15) is 5.69 Å². The molecule has 1 aromatic heterocycles. The molecule has 2 heterocycles. The molecule has 31 heavy (non-hydrogen) atoms. The summed E-state index contributed by atoms with van der Waals surface area (Å²) < 4.78 is 15.6. The molecule has 0 saturated carbocycles. The van der Waals surface area contributed by atoms with Crippen LogP contribution in [0, 0.1) is 5.82 Å². The van der Waals surface area contributed by atoms with Crippen molar-refractivity contribution in [2.24, 2.45) is 0 Å². The number of fused-ring (bicyclic) bond motifs is 2. The summed E-state index contributed by atoms with van der Waals surface area (Å²) in [6.45, 7) is 0. The van der Waals surface area contributed by atoms with Crippen molar-refractivity contribution < 1.29 is 9.18 Å². The topological polar surface area (TPSA) is 48.1 Å². The Morgan fingerprint density at radius 2 is 1.77 bits per heavy atom. The molecule has 1 unspecified atom stereocenters. The number of carbonyl (C=O) groups is 1. The van der Waals surface area contributed by atoms with Crippen LogP contribution in [0.3, 0.4) is 0 Å². The van der Waals surface area contributed by atoms with Gasteiger partial charge in [-0.05, 0) is 71.9 Å². The van der Waals surface area contributed by atoms with E-state index in [2.05, 4.69) is 10.3 Å². The summed E-state index contributed by atoms with van der Waals surface area (Å²) in [5, 5.41) is 4.94. The molecule has 8 heteroatoms. The van der Waals surface area contributed by atoms with Gasteiger partial charge >= 0.3 is 0 Å². The Bertz CT molecular complexity index is 1290. The van der Waals surface area contributed by atoms with E-state index in [0.29, 0.717) is 22.0 Å². The van der Waals surface area contributed by atoms with Crippen molar-refractivity contribution in [1.29, 1.82) is 0 Å². The molecule has 0 aliphatic carbocycles. The highest BCUT2D eigenvalue weighted by atomic mass is 35.5. The monoisotopic (exact) mass is 471 g/mol. The molecule has 1 amide bonds. The van der Waals surface area contributed by atoms with E-state index in [1.54, 1.807) is 12.1 Å². The predicted octanol–water partition coefficient (Wildman–Crippen LogP) is 6.69. The van der Waals surface area contributed by atoms with E-state index in [4.69, 9.17) is 23.2 Å². The third kappa shape index (κ3) is 4.11. The maximum absolute atomic E-state index is 13.6. The lowest BCUT2D eigenvalue weighted by atomic mass is 10.1. The number of nitrogens with zero attached hydrogens (tertiary/aromatic N) is 1. The lowest BCUT2D eigenvalue weighted by molar-refractivity contribution is -0.117. The lowest BCUT2D eigenvalue weighted by Crippen LogP contribution is -2.46. The van der Waals surface area contributed by atoms with E-state index in [0.717, 1.165) is 27.4 Å². The summed E-state index contributed by atoms with van der Waals surface area (Å²) in [5.41, 5.74) is 3.17. The second-order valence-electron chi connectivity index (χ2n) is 7.27. The second kappa shape index (κ2) is 8.11. The van der Waals surface area contributed by atoms with Gasteiger partial charge in [0.25, 0.3) is 0 Å². The Hall–Kier alpha value is -2.67. The number of carbonyl (C=O) groups excluding carboxylic acids is 1. The molecule has 2 N–H and O–H groups in total. The highest BCUT2D eigenvalue weighted by Crippen LogP contribution is 2.41. The average Bonchev–Trinajstić information content (AvgIpc) is 3.11. The van der Waals surface area contributed by atoms with E-state index in [9.17, 15) is 9.18 Å². The maximum atomic E-state index is 13.6. The van der Waals surface area contributed by atoms with Gasteiger partial charge in [-0.3, -0.25) is 9.10 Å². The van der Waals surface area contributed by atoms with E-state index in [-0.39, 0.29) is 11.7 Å². The predicted molar refractivity (Wildman–Crippen MR) is 126 cm³/mol. The standard InChI is InChI=1S/C23H16Cl2FN3OS/c24-14-8-15(25)10-18(9-14)31-29-21-4-2-1-3-19(21)28-23(30)22(29)12-17-7-13-5-6-16(26)11-20(13)27-17/h1-11,22,27H,12H2,(H,28,30). The zero-order valence-corrected chi connectivity index (χ0v) is 18.4. The quantitative estimate of drug-likeness (QED) is 0.326. The lowest BCUT2D eigenvalue weighted by Gasteiger charge is -2.36.